The number of benzene rings is 2. The first-order valence-electron chi connectivity index (χ1n) is 8.23. The molecule has 1 aromatic heterocycles. The third kappa shape index (κ3) is 4.16. The summed E-state index contributed by atoms with van der Waals surface area (Å²) in [6, 6.07) is 16.7. The number of hydrogen-bond acceptors (Lipinski definition) is 4. The van der Waals surface area contributed by atoms with Crippen molar-refractivity contribution >= 4 is 28.4 Å². The van der Waals surface area contributed by atoms with E-state index >= 15 is 0 Å². The van der Waals surface area contributed by atoms with E-state index in [0.29, 0.717) is 24.2 Å². The van der Waals surface area contributed by atoms with Gasteiger partial charge in [0.1, 0.15) is 5.75 Å². The van der Waals surface area contributed by atoms with Gasteiger partial charge in [-0.05, 0) is 36.2 Å². The van der Waals surface area contributed by atoms with Crippen molar-refractivity contribution in [3.63, 3.8) is 0 Å². The fourth-order valence-electron chi connectivity index (χ4n) is 2.58. The number of pyridine rings is 1. The van der Waals surface area contributed by atoms with Crippen molar-refractivity contribution in [2.75, 3.05) is 19.0 Å². The molecule has 0 aliphatic carbocycles. The highest BCUT2D eigenvalue weighted by Crippen LogP contribution is 2.20. The first-order chi connectivity index (χ1) is 12.7. The molecule has 0 bridgehead atoms. The quantitative estimate of drug-likeness (QED) is 0.694. The lowest BCUT2D eigenvalue weighted by Gasteiger charge is -2.09. The number of nitrogens with zero attached hydrogens (tertiary/aromatic N) is 1. The zero-order valence-corrected chi connectivity index (χ0v) is 14.4. The summed E-state index contributed by atoms with van der Waals surface area (Å²) in [4.78, 5) is 28.4. The van der Waals surface area contributed by atoms with Crippen LogP contribution in [0.1, 0.15) is 5.56 Å². The van der Waals surface area contributed by atoms with Crippen molar-refractivity contribution < 1.29 is 14.3 Å². The molecule has 2 aromatic carbocycles. The topological polar surface area (TPSA) is 80.3 Å². The molecule has 0 unspecified atom stereocenters. The Kier molecular flexibility index (Phi) is 5.43. The summed E-state index contributed by atoms with van der Waals surface area (Å²) in [5.74, 6) is -0.606. The monoisotopic (exact) mass is 349 g/mol. The van der Waals surface area contributed by atoms with Crippen LogP contribution in [0, 0.1) is 0 Å². The number of aromatic nitrogens is 1. The normalized spacial score (nSPS) is 10.3. The fourth-order valence-corrected chi connectivity index (χ4v) is 2.58. The number of amides is 2. The molecule has 0 saturated carbocycles. The summed E-state index contributed by atoms with van der Waals surface area (Å²) < 4.78 is 5.10. The summed E-state index contributed by atoms with van der Waals surface area (Å²) in [5.41, 5.74) is 2.21. The molecule has 0 saturated heterocycles. The van der Waals surface area contributed by atoms with Crippen LogP contribution in [-0.4, -0.2) is 30.5 Å². The van der Waals surface area contributed by atoms with Gasteiger partial charge in [-0.1, -0.05) is 30.3 Å². The molecule has 0 aliphatic heterocycles. The van der Waals surface area contributed by atoms with Crippen LogP contribution in [0.3, 0.4) is 0 Å². The molecule has 0 radical (unpaired) electrons. The fraction of sp³-hybridized carbons (Fsp3) is 0.150. The van der Waals surface area contributed by atoms with Crippen LogP contribution in [0.25, 0.3) is 10.9 Å². The summed E-state index contributed by atoms with van der Waals surface area (Å²) in [5, 5.41) is 6.14. The van der Waals surface area contributed by atoms with Crippen molar-refractivity contribution in [3.05, 3.63) is 66.4 Å². The Bertz CT molecular complexity index is 918. The standard InChI is InChI=1S/C20H19N3O3/c1-26-16-9-7-14(8-10-16)11-13-22-19(24)20(25)23-17-6-2-4-15-5-3-12-21-18(15)17/h2-10,12H,11,13H2,1H3,(H,22,24)(H,23,25). The van der Waals surface area contributed by atoms with E-state index in [1.54, 1.807) is 25.4 Å². The molecule has 3 aromatic rings. The summed E-state index contributed by atoms with van der Waals surface area (Å²) in [6.45, 7) is 0.367. The average molecular weight is 349 g/mol. The lowest BCUT2D eigenvalue weighted by atomic mass is 10.1. The maximum atomic E-state index is 12.1. The van der Waals surface area contributed by atoms with Gasteiger partial charge in [0.05, 0.1) is 18.3 Å². The average Bonchev–Trinajstić information content (AvgIpc) is 2.68. The van der Waals surface area contributed by atoms with Crippen LogP contribution < -0.4 is 15.4 Å². The second-order valence-corrected chi connectivity index (χ2v) is 5.69. The second kappa shape index (κ2) is 8.11. The van der Waals surface area contributed by atoms with Crippen molar-refractivity contribution in [2.24, 2.45) is 0 Å². The van der Waals surface area contributed by atoms with Gasteiger partial charge in [0.25, 0.3) is 0 Å². The van der Waals surface area contributed by atoms with E-state index in [9.17, 15) is 9.59 Å². The number of anilines is 1. The van der Waals surface area contributed by atoms with E-state index < -0.39 is 11.8 Å². The van der Waals surface area contributed by atoms with Crippen LogP contribution in [0.2, 0.25) is 0 Å². The number of methoxy groups -OCH3 is 1. The minimum atomic E-state index is -0.710. The van der Waals surface area contributed by atoms with Crippen LogP contribution in [-0.2, 0) is 16.0 Å². The summed E-state index contributed by atoms with van der Waals surface area (Å²) in [7, 11) is 1.61. The Balaban J connectivity index is 1.55. The predicted octanol–water partition coefficient (Wildman–Crippen LogP) is 2.54. The number of rotatable bonds is 5. The molecule has 2 amide bonds. The van der Waals surface area contributed by atoms with Gasteiger partial charge in [0.2, 0.25) is 0 Å². The van der Waals surface area contributed by atoms with Crippen molar-refractivity contribution in [2.45, 2.75) is 6.42 Å². The van der Waals surface area contributed by atoms with Crippen molar-refractivity contribution in [1.29, 1.82) is 0 Å². The Morgan fingerprint density at radius 3 is 2.54 bits per heavy atom. The minimum absolute atomic E-state index is 0.367. The highest BCUT2D eigenvalue weighted by atomic mass is 16.5. The smallest absolute Gasteiger partial charge is 0.313 e. The number of nitrogens with one attached hydrogen (secondary N) is 2. The highest BCUT2D eigenvalue weighted by Gasteiger charge is 2.14. The summed E-state index contributed by atoms with van der Waals surface area (Å²) >= 11 is 0. The zero-order chi connectivity index (χ0) is 18.4. The first-order valence-corrected chi connectivity index (χ1v) is 8.23. The number of carbonyl (C=O) groups excluding carboxylic acids is 2. The SMILES string of the molecule is COc1ccc(CCNC(=O)C(=O)Nc2cccc3cccnc23)cc1. The van der Waals surface area contributed by atoms with Gasteiger partial charge in [-0.2, -0.15) is 0 Å². The molecular formula is C20H19N3O3. The molecule has 3 rings (SSSR count). The molecule has 0 atom stereocenters. The Hall–Kier alpha value is -3.41. The first kappa shape index (κ1) is 17.4. The van der Waals surface area contributed by atoms with Crippen LogP contribution >= 0.6 is 0 Å². The maximum Gasteiger partial charge on any atom is 0.313 e. The van der Waals surface area contributed by atoms with E-state index in [0.717, 1.165) is 16.7 Å². The molecule has 0 aliphatic rings. The lowest BCUT2D eigenvalue weighted by molar-refractivity contribution is -0.136. The van der Waals surface area contributed by atoms with E-state index in [4.69, 9.17) is 4.74 Å². The van der Waals surface area contributed by atoms with Gasteiger partial charge in [-0.25, -0.2) is 0 Å². The van der Waals surface area contributed by atoms with Crippen molar-refractivity contribution in [1.82, 2.24) is 10.3 Å². The number of carbonyl (C=O) groups is 2. The molecular weight excluding hydrogens is 330 g/mol. The maximum absolute atomic E-state index is 12.1. The molecule has 2 N–H and O–H groups in total. The highest BCUT2D eigenvalue weighted by molar-refractivity contribution is 6.40. The molecule has 0 spiro atoms. The van der Waals surface area contributed by atoms with Gasteiger partial charge in [0, 0.05) is 18.1 Å². The van der Waals surface area contributed by atoms with Gasteiger partial charge in [-0.15, -0.1) is 0 Å². The minimum Gasteiger partial charge on any atom is -0.497 e. The molecule has 1 heterocycles. The van der Waals surface area contributed by atoms with Crippen LogP contribution in [0.15, 0.2) is 60.8 Å². The van der Waals surface area contributed by atoms with E-state index in [2.05, 4.69) is 15.6 Å². The van der Waals surface area contributed by atoms with Gasteiger partial charge < -0.3 is 15.4 Å². The third-order valence-corrected chi connectivity index (χ3v) is 3.95. The molecule has 6 nitrogen and oxygen atoms in total. The zero-order valence-electron chi connectivity index (χ0n) is 14.4. The van der Waals surface area contributed by atoms with E-state index in [1.807, 2.05) is 42.5 Å². The third-order valence-electron chi connectivity index (χ3n) is 3.95. The molecule has 0 fully saturated rings. The van der Waals surface area contributed by atoms with E-state index in [-0.39, 0.29) is 0 Å². The predicted molar refractivity (Wildman–Crippen MR) is 100 cm³/mol. The van der Waals surface area contributed by atoms with Crippen LogP contribution in [0.5, 0.6) is 5.75 Å². The van der Waals surface area contributed by atoms with Crippen molar-refractivity contribution in [3.8, 4) is 5.75 Å². The largest absolute Gasteiger partial charge is 0.497 e. The Morgan fingerprint density at radius 2 is 1.77 bits per heavy atom. The number of para-hydroxylation sites is 1. The molecule has 26 heavy (non-hydrogen) atoms. The second-order valence-electron chi connectivity index (χ2n) is 5.69. The number of hydrogen-bond donors (Lipinski definition) is 2. The molecule has 6 heteroatoms. The molecule has 132 valence electrons. The van der Waals surface area contributed by atoms with E-state index in [1.165, 1.54) is 0 Å². The Morgan fingerprint density at radius 1 is 1.00 bits per heavy atom. The lowest BCUT2D eigenvalue weighted by Crippen LogP contribution is -2.36. The van der Waals surface area contributed by atoms with Crippen LogP contribution in [0.4, 0.5) is 5.69 Å². The van der Waals surface area contributed by atoms with Gasteiger partial charge >= 0.3 is 11.8 Å². The Labute approximate surface area is 151 Å². The summed E-state index contributed by atoms with van der Waals surface area (Å²) in [6.07, 6.45) is 2.27. The number of ether oxygens (including phenoxy) is 1. The van der Waals surface area contributed by atoms with Gasteiger partial charge in [0.15, 0.2) is 0 Å². The number of fused-ring (bicyclic) bond motifs is 1. The van der Waals surface area contributed by atoms with Gasteiger partial charge in [-0.3, -0.25) is 14.6 Å².